The van der Waals surface area contributed by atoms with Crippen molar-refractivity contribution in [1.29, 1.82) is 0 Å². The van der Waals surface area contributed by atoms with Crippen LogP contribution >= 0.6 is 0 Å². The molecule has 0 radical (unpaired) electrons. The number of benzene rings is 1. The molecule has 1 N–H and O–H groups in total. The van der Waals surface area contributed by atoms with Gasteiger partial charge >= 0.3 is 0 Å². The molecule has 0 aromatic heterocycles. The van der Waals surface area contributed by atoms with Crippen molar-refractivity contribution < 1.29 is 9.90 Å². The lowest BCUT2D eigenvalue weighted by Gasteiger charge is -2.23. The zero-order valence-corrected chi connectivity index (χ0v) is 10.6. The van der Waals surface area contributed by atoms with Crippen LogP contribution < -0.4 is 0 Å². The van der Waals surface area contributed by atoms with E-state index in [0.717, 1.165) is 24.7 Å². The van der Waals surface area contributed by atoms with Gasteiger partial charge in [-0.25, -0.2) is 0 Å². The van der Waals surface area contributed by atoms with Crippen molar-refractivity contribution in [1.82, 2.24) is 0 Å². The van der Waals surface area contributed by atoms with Crippen LogP contribution in [0, 0.1) is 6.92 Å². The normalized spacial score (nSPS) is 16.4. The van der Waals surface area contributed by atoms with Gasteiger partial charge in [0.1, 0.15) is 12.0 Å². The maximum Gasteiger partial charge on any atom is 0.120 e. The van der Waals surface area contributed by atoms with E-state index in [0.29, 0.717) is 12.2 Å². The molecular formula is C15H20O2. The number of rotatable bonds is 3. The van der Waals surface area contributed by atoms with Gasteiger partial charge in [0.05, 0.1) is 0 Å². The van der Waals surface area contributed by atoms with E-state index in [1.54, 1.807) is 0 Å². The number of aromatic hydroxyl groups is 1. The van der Waals surface area contributed by atoms with E-state index in [-0.39, 0.29) is 5.92 Å². The Morgan fingerprint density at radius 1 is 1.41 bits per heavy atom. The summed E-state index contributed by atoms with van der Waals surface area (Å²) in [5.41, 5.74) is 4.88. The van der Waals surface area contributed by atoms with Gasteiger partial charge in [0.2, 0.25) is 0 Å². The third-order valence-corrected chi connectivity index (χ3v) is 3.90. The number of carbonyl (C=O) groups excluding carboxylic acids is 1. The highest BCUT2D eigenvalue weighted by Gasteiger charge is 2.20. The Labute approximate surface area is 103 Å². The van der Waals surface area contributed by atoms with Crippen molar-refractivity contribution in [2.45, 2.75) is 51.9 Å². The number of hydrogen-bond donors (Lipinski definition) is 1. The lowest BCUT2D eigenvalue weighted by atomic mass is 9.82. The first-order valence-electron chi connectivity index (χ1n) is 6.43. The summed E-state index contributed by atoms with van der Waals surface area (Å²) in [6, 6.07) is 1.91. The number of phenols is 1. The molecule has 1 unspecified atom stereocenters. The van der Waals surface area contributed by atoms with Gasteiger partial charge in [-0.1, -0.05) is 6.92 Å². The molecule has 1 aromatic carbocycles. The molecule has 0 saturated heterocycles. The summed E-state index contributed by atoms with van der Waals surface area (Å²) in [5.74, 6) is 0.484. The van der Waals surface area contributed by atoms with Gasteiger partial charge in [0.25, 0.3) is 0 Å². The third kappa shape index (κ3) is 2.21. The van der Waals surface area contributed by atoms with Gasteiger partial charge in [0, 0.05) is 12.0 Å². The summed E-state index contributed by atoms with van der Waals surface area (Å²) >= 11 is 0. The number of carbonyl (C=O) groups is 1. The smallest absolute Gasteiger partial charge is 0.120 e. The summed E-state index contributed by atoms with van der Waals surface area (Å²) in [7, 11) is 0. The zero-order valence-electron chi connectivity index (χ0n) is 10.6. The summed E-state index contributed by atoms with van der Waals surface area (Å²) in [6.07, 6.45) is 6.06. The average Bonchev–Trinajstić information content (AvgIpc) is 2.29. The minimum Gasteiger partial charge on any atom is -0.508 e. The standard InChI is InChI=1S/C15H20O2/c1-10(7-8-16)15-11(2)13-6-4-3-5-12(13)9-14(15)17/h8-10,17H,3-7H2,1-2H3. The molecule has 2 rings (SSSR count). The Balaban J connectivity index is 2.48. The molecule has 1 aliphatic carbocycles. The van der Waals surface area contributed by atoms with Crippen LogP contribution in [0.1, 0.15) is 54.4 Å². The van der Waals surface area contributed by atoms with Gasteiger partial charge in [0.15, 0.2) is 0 Å². The van der Waals surface area contributed by atoms with E-state index in [1.807, 2.05) is 13.0 Å². The van der Waals surface area contributed by atoms with E-state index in [1.165, 1.54) is 29.5 Å². The van der Waals surface area contributed by atoms with E-state index >= 15 is 0 Å². The van der Waals surface area contributed by atoms with E-state index in [9.17, 15) is 9.90 Å². The zero-order chi connectivity index (χ0) is 12.4. The lowest BCUT2D eigenvalue weighted by Crippen LogP contribution is -2.09. The van der Waals surface area contributed by atoms with Gasteiger partial charge in [-0.15, -0.1) is 0 Å². The van der Waals surface area contributed by atoms with Crippen LogP contribution in [0.25, 0.3) is 0 Å². The topological polar surface area (TPSA) is 37.3 Å². The molecule has 92 valence electrons. The predicted octanol–water partition coefficient (Wildman–Crippen LogP) is 3.27. The molecule has 17 heavy (non-hydrogen) atoms. The number of fused-ring (bicyclic) bond motifs is 1. The van der Waals surface area contributed by atoms with Crippen LogP contribution in [-0.4, -0.2) is 11.4 Å². The maximum atomic E-state index is 10.6. The largest absolute Gasteiger partial charge is 0.508 e. The fourth-order valence-corrected chi connectivity index (χ4v) is 3.00. The molecule has 1 aromatic rings. The molecule has 0 amide bonds. The van der Waals surface area contributed by atoms with Crippen LogP contribution in [0.2, 0.25) is 0 Å². The summed E-state index contributed by atoms with van der Waals surface area (Å²) < 4.78 is 0. The number of hydrogen-bond acceptors (Lipinski definition) is 2. The second kappa shape index (κ2) is 4.91. The van der Waals surface area contributed by atoms with Crippen molar-refractivity contribution in [2.75, 3.05) is 0 Å². The van der Waals surface area contributed by atoms with E-state index < -0.39 is 0 Å². The lowest BCUT2D eigenvalue weighted by molar-refractivity contribution is -0.108. The van der Waals surface area contributed by atoms with Gasteiger partial charge < -0.3 is 9.90 Å². The molecule has 0 fully saturated rings. The van der Waals surface area contributed by atoms with Crippen LogP contribution in [0.3, 0.4) is 0 Å². The first kappa shape index (κ1) is 12.2. The highest BCUT2D eigenvalue weighted by atomic mass is 16.3. The van der Waals surface area contributed by atoms with E-state index in [4.69, 9.17) is 0 Å². The van der Waals surface area contributed by atoms with Crippen molar-refractivity contribution in [3.05, 3.63) is 28.3 Å². The maximum absolute atomic E-state index is 10.6. The van der Waals surface area contributed by atoms with Crippen molar-refractivity contribution in [3.8, 4) is 5.75 Å². The van der Waals surface area contributed by atoms with Crippen molar-refractivity contribution >= 4 is 6.29 Å². The SMILES string of the molecule is Cc1c2c(cc(O)c1C(C)CC=O)CCCC2. The van der Waals surface area contributed by atoms with Crippen molar-refractivity contribution in [3.63, 3.8) is 0 Å². The molecule has 2 nitrogen and oxygen atoms in total. The van der Waals surface area contributed by atoms with Gasteiger partial charge in [-0.05, 0) is 61.3 Å². The molecule has 1 atom stereocenters. The highest BCUT2D eigenvalue weighted by molar-refractivity contribution is 5.56. The fraction of sp³-hybridized carbons (Fsp3) is 0.533. The Bertz CT molecular complexity index is 435. The Morgan fingerprint density at radius 3 is 2.82 bits per heavy atom. The molecule has 0 spiro atoms. The molecule has 0 bridgehead atoms. The molecule has 0 aliphatic heterocycles. The number of aldehydes is 1. The second-order valence-corrected chi connectivity index (χ2v) is 5.08. The highest BCUT2D eigenvalue weighted by Crippen LogP contribution is 2.37. The van der Waals surface area contributed by atoms with Gasteiger partial charge in [-0.2, -0.15) is 0 Å². The minimum atomic E-state index is 0.111. The summed E-state index contributed by atoms with van der Waals surface area (Å²) in [5, 5.41) is 10.1. The van der Waals surface area contributed by atoms with Gasteiger partial charge in [-0.3, -0.25) is 0 Å². The minimum absolute atomic E-state index is 0.111. The van der Waals surface area contributed by atoms with E-state index in [2.05, 4.69) is 6.92 Å². The summed E-state index contributed by atoms with van der Waals surface area (Å²) in [4.78, 5) is 10.6. The Kier molecular flexibility index (Phi) is 3.51. The molecule has 1 aliphatic rings. The molecule has 0 saturated carbocycles. The first-order chi connectivity index (χ1) is 8.15. The Hall–Kier alpha value is -1.31. The summed E-state index contributed by atoms with van der Waals surface area (Å²) in [6.45, 7) is 4.09. The van der Waals surface area contributed by atoms with Crippen LogP contribution in [0.4, 0.5) is 0 Å². The molecular weight excluding hydrogens is 212 g/mol. The Morgan fingerprint density at radius 2 is 2.12 bits per heavy atom. The monoisotopic (exact) mass is 232 g/mol. The number of phenolic OH excluding ortho intramolecular Hbond substituents is 1. The molecule has 2 heteroatoms. The van der Waals surface area contributed by atoms with Crippen LogP contribution in [0.15, 0.2) is 6.07 Å². The van der Waals surface area contributed by atoms with Crippen molar-refractivity contribution in [2.24, 2.45) is 0 Å². The first-order valence-corrected chi connectivity index (χ1v) is 6.43. The van der Waals surface area contributed by atoms with Crippen LogP contribution in [-0.2, 0) is 17.6 Å². The quantitative estimate of drug-likeness (QED) is 0.812. The second-order valence-electron chi connectivity index (χ2n) is 5.08. The number of aryl methyl sites for hydroxylation is 1. The third-order valence-electron chi connectivity index (χ3n) is 3.90. The molecule has 0 heterocycles. The fourth-order valence-electron chi connectivity index (χ4n) is 3.00. The predicted molar refractivity (Wildman–Crippen MR) is 68.6 cm³/mol. The average molecular weight is 232 g/mol. The van der Waals surface area contributed by atoms with Crippen LogP contribution in [0.5, 0.6) is 5.75 Å².